The van der Waals surface area contributed by atoms with E-state index in [0.717, 1.165) is 4.57 Å². The number of nitrogens with zero attached hydrogens (tertiary/aromatic N) is 1. The zero-order chi connectivity index (χ0) is 18.6. The summed E-state index contributed by atoms with van der Waals surface area (Å²) in [6, 6.07) is 5.45. The van der Waals surface area contributed by atoms with Crippen LogP contribution >= 0.6 is 15.9 Å². The van der Waals surface area contributed by atoms with Crippen molar-refractivity contribution in [3.63, 3.8) is 0 Å². The molecular weight excluding hydrogens is 396 g/mol. The third kappa shape index (κ3) is 4.47. The van der Waals surface area contributed by atoms with Crippen molar-refractivity contribution in [2.45, 2.75) is 0 Å². The molecule has 0 saturated carbocycles. The number of amides is 1. The SMILES string of the molecule is [B]c1cc(C(=O)NOCCO)c(Nc2ccc(Br)cc2F)n(C)c1=O. The number of benzene rings is 1. The maximum atomic E-state index is 14.1. The van der Waals surface area contributed by atoms with Gasteiger partial charge in [0.05, 0.1) is 24.5 Å². The summed E-state index contributed by atoms with van der Waals surface area (Å²) < 4.78 is 15.7. The van der Waals surface area contributed by atoms with Gasteiger partial charge in [-0.25, -0.2) is 9.87 Å². The molecule has 0 saturated heterocycles. The smallest absolute Gasteiger partial charge is 0.278 e. The van der Waals surface area contributed by atoms with E-state index >= 15 is 0 Å². The van der Waals surface area contributed by atoms with Crippen LogP contribution in [0.25, 0.3) is 0 Å². The minimum atomic E-state index is -0.712. The Labute approximate surface area is 152 Å². The lowest BCUT2D eigenvalue weighted by molar-refractivity contribution is 0.0168. The van der Waals surface area contributed by atoms with Gasteiger partial charge in [-0.05, 0) is 29.7 Å². The molecule has 0 aliphatic rings. The number of halogens is 2. The molecule has 1 heterocycles. The maximum Gasteiger partial charge on any atom is 0.278 e. The molecule has 0 bridgehead atoms. The predicted molar refractivity (Wildman–Crippen MR) is 95.0 cm³/mol. The summed E-state index contributed by atoms with van der Waals surface area (Å²) in [6.45, 7) is -0.401. The molecule has 0 aliphatic carbocycles. The van der Waals surface area contributed by atoms with E-state index in [-0.39, 0.29) is 35.7 Å². The van der Waals surface area contributed by atoms with Gasteiger partial charge < -0.3 is 10.4 Å². The highest BCUT2D eigenvalue weighted by atomic mass is 79.9. The van der Waals surface area contributed by atoms with E-state index in [1.807, 2.05) is 0 Å². The Kier molecular flexibility index (Phi) is 6.35. The van der Waals surface area contributed by atoms with Crippen molar-refractivity contribution >= 4 is 46.7 Å². The van der Waals surface area contributed by atoms with Crippen LogP contribution in [0.5, 0.6) is 0 Å². The second kappa shape index (κ2) is 8.28. The molecule has 3 N–H and O–H groups in total. The van der Waals surface area contributed by atoms with Gasteiger partial charge in [0.2, 0.25) is 5.56 Å². The van der Waals surface area contributed by atoms with E-state index in [4.69, 9.17) is 17.8 Å². The fourth-order valence-corrected chi connectivity index (χ4v) is 2.35. The summed E-state index contributed by atoms with van der Waals surface area (Å²) in [7, 11) is 7.02. The van der Waals surface area contributed by atoms with Crippen LogP contribution in [0.15, 0.2) is 33.5 Å². The third-order valence-corrected chi connectivity index (χ3v) is 3.72. The quantitative estimate of drug-likeness (QED) is 0.366. The van der Waals surface area contributed by atoms with Crippen molar-refractivity contribution in [2.75, 3.05) is 18.5 Å². The third-order valence-electron chi connectivity index (χ3n) is 3.23. The zero-order valence-corrected chi connectivity index (χ0v) is 14.8. The van der Waals surface area contributed by atoms with E-state index in [2.05, 4.69) is 26.7 Å². The molecule has 0 unspecified atom stereocenters. The van der Waals surface area contributed by atoms with Gasteiger partial charge in [0, 0.05) is 11.5 Å². The van der Waals surface area contributed by atoms with Crippen molar-refractivity contribution in [3.8, 4) is 0 Å². The van der Waals surface area contributed by atoms with Gasteiger partial charge in [-0.3, -0.25) is 19.0 Å². The number of carbonyl (C=O) groups is 1. The molecule has 1 aromatic carbocycles. The summed E-state index contributed by atoms with van der Waals surface area (Å²) in [5, 5.41) is 11.4. The largest absolute Gasteiger partial charge is 0.394 e. The van der Waals surface area contributed by atoms with Gasteiger partial charge >= 0.3 is 0 Å². The molecule has 10 heteroatoms. The highest BCUT2D eigenvalue weighted by molar-refractivity contribution is 9.10. The molecule has 1 aromatic heterocycles. The normalized spacial score (nSPS) is 10.6. The number of rotatable bonds is 6. The number of aliphatic hydroxyl groups is 1. The van der Waals surface area contributed by atoms with Crippen molar-refractivity contribution < 1.29 is 19.1 Å². The van der Waals surface area contributed by atoms with Crippen molar-refractivity contribution in [1.29, 1.82) is 0 Å². The average molecular weight is 410 g/mol. The molecule has 0 spiro atoms. The van der Waals surface area contributed by atoms with Gasteiger partial charge in [0.25, 0.3) is 5.91 Å². The van der Waals surface area contributed by atoms with E-state index in [9.17, 15) is 14.0 Å². The monoisotopic (exact) mass is 409 g/mol. The first-order valence-corrected chi connectivity index (χ1v) is 7.89. The average Bonchev–Trinajstić information content (AvgIpc) is 2.57. The van der Waals surface area contributed by atoms with Gasteiger partial charge in [-0.15, -0.1) is 0 Å². The minimum Gasteiger partial charge on any atom is -0.394 e. The van der Waals surface area contributed by atoms with Crippen LogP contribution in [0.4, 0.5) is 15.9 Å². The molecule has 0 fully saturated rings. The summed E-state index contributed by atoms with van der Waals surface area (Å²) in [5.74, 6) is -1.26. The summed E-state index contributed by atoms with van der Waals surface area (Å²) in [4.78, 5) is 29.1. The number of hydrogen-bond donors (Lipinski definition) is 3. The van der Waals surface area contributed by atoms with Crippen LogP contribution in [0, 0.1) is 5.82 Å². The number of carbonyl (C=O) groups excluding carboxylic acids is 1. The lowest BCUT2D eigenvalue weighted by atomic mass is 9.95. The predicted octanol–water partition coefficient (Wildman–Crippen LogP) is 0.478. The fraction of sp³-hybridized carbons (Fsp3) is 0.200. The van der Waals surface area contributed by atoms with Crippen LogP contribution in [-0.4, -0.2) is 36.6 Å². The van der Waals surface area contributed by atoms with E-state index in [1.165, 1.54) is 25.2 Å². The topological polar surface area (TPSA) is 92.6 Å². The maximum absolute atomic E-state index is 14.1. The molecule has 2 aromatic rings. The fourth-order valence-electron chi connectivity index (χ4n) is 2.02. The van der Waals surface area contributed by atoms with Crippen molar-refractivity contribution in [2.24, 2.45) is 7.05 Å². The first-order chi connectivity index (χ1) is 11.8. The number of aromatic nitrogens is 1. The lowest BCUT2D eigenvalue weighted by Gasteiger charge is -2.17. The number of pyridine rings is 1. The Morgan fingerprint density at radius 3 is 2.80 bits per heavy atom. The van der Waals surface area contributed by atoms with Crippen molar-refractivity contribution in [1.82, 2.24) is 10.0 Å². The van der Waals surface area contributed by atoms with Gasteiger partial charge in [-0.2, -0.15) is 0 Å². The minimum absolute atomic E-state index is 0.0279. The molecule has 1 amide bonds. The molecule has 25 heavy (non-hydrogen) atoms. The van der Waals surface area contributed by atoms with Crippen LogP contribution in [0.1, 0.15) is 10.4 Å². The molecule has 7 nitrogen and oxygen atoms in total. The second-order valence-corrected chi connectivity index (χ2v) is 5.89. The summed E-state index contributed by atoms with van der Waals surface area (Å²) in [5.41, 5.74) is 1.44. The second-order valence-electron chi connectivity index (χ2n) is 4.98. The number of hydrogen-bond acceptors (Lipinski definition) is 5. The molecule has 0 aliphatic heterocycles. The van der Waals surface area contributed by atoms with Crippen LogP contribution in [0.3, 0.4) is 0 Å². The van der Waals surface area contributed by atoms with Gasteiger partial charge in [-0.1, -0.05) is 15.9 Å². The number of nitrogens with one attached hydrogen (secondary N) is 2. The van der Waals surface area contributed by atoms with Crippen molar-refractivity contribution in [3.05, 3.63) is 50.5 Å². The Balaban J connectivity index is 2.45. The van der Waals surface area contributed by atoms with Gasteiger partial charge in [0.15, 0.2) is 0 Å². The number of anilines is 2. The molecule has 0 atom stereocenters. The molecule has 130 valence electrons. The van der Waals surface area contributed by atoms with Crippen LogP contribution in [0.2, 0.25) is 0 Å². The lowest BCUT2D eigenvalue weighted by Crippen LogP contribution is -2.37. The summed E-state index contributed by atoms with van der Waals surface area (Å²) in [6.07, 6.45) is 0. The van der Waals surface area contributed by atoms with E-state index in [0.29, 0.717) is 4.47 Å². The number of hydroxylamine groups is 1. The zero-order valence-electron chi connectivity index (χ0n) is 13.2. The Bertz CT molecular complexity index is 859. The number of aliphatic hydroxyl groups excluding tert-OH is 1. The first kappa shape index (κ1) is 19.2. The first-order valence-electron chi connectivity index (χ1n) is 7.09. The van der Waals surface area contributed by atoms with Crippen LogP contribution in [-0.2, 0) is 11.9 Å². The Morgan fingerprint density at radius 1 is 1.44 bits per heavy atom. The summed E-state index contributed by atoms with van der Waals surface area (Å²) >= 11 is 3.15. The molecular formula is C15H14BBrFN3O4. The standard InChI is InChI=1S/C15H14BBrFN3O4/c1-21-13(19-12-3-2-8(17)6-11(12)18)9(7-10(16)15(21)24)14(23)20-25-5-4-22/h2-3,6-7,19,22H,4-5H2,1H3,(H,20,23). The Morgan fingerprint density at radius 2 is 2.16 bits per heavy atom. The highest BCUT2D eigenvalue weighted by Crippen LogP contribution is 2.24. The molecule has 2 radical (unpaired) electrons. The van der Waals surface area contributed by atoms with E-state index in [1.54, 1.807) is 6.07 Å². The Hall–Kier alpha value is -2.17. The van der Waals surface area contributed by atoms with E-state index < -0.39 is 17.3 Å². The van der Waals surface area contributed by atoms with Gasteiger partial charge in [0.1, 0.15) is 19.5 Å². The highest BCUT2D eigenvalue weighted by Gasteiger charge is 2.18. The molecule has 2 rings (SSSR count). The van der Waals surface area contributed by atoms with Crippen LogP contribution < -0.4 is 21.8 Å².